The van der Waals surface area contributed by atoms with Gasteiger partial charge in [-0.1, -0.05) is 55.1 Å². The van der Waals surface area contributed by atoms with Gasteiger partial charge in [-0.15, -0.1) is 10.2 Å². The van der Waals surface area contributed by atoms with Crippen LogP contribution in [-0.4, -0.2) is 34.1 Å². The van der Waals surface area contributed by atoms with Crippen LogP contribution in [0.5, 0.6) is 5.75 Å². The van der Waals surface area contributed by atoms with Gasteiger partial charge in [-0.3, -0.25) is 4.79 Å². The number of unbranched alkanes of at least 4 members (excludes halogenated alkanes) is 1. The summed E-state index contributed by atoms with van der Waals surface area (Å²) < 4.78 is 6.99. The number of aromatic nitrogens is 2. The molecule has 0 fully saturated rings. The van der Waals surface area contributed by atoms with Crippen molar-refractivity contribution in [3.05, 3.63) is 29.8 Å². The van der Waals surface area contributed by atoms with Crippen LogP contribution >= 0.6 is 34.9 Å². The number of carbonyl (C=O) groups is 1. The van der Waals surface area contributed by atoms with Gasteiger partial charge in [0.25, 0.3) is 0 Å². The summed E-state index contributed by atoms with van der Waals surface area (Å²) >= 11 is 4.83. The van der Waals surface area contributed by atoms with Crippen molar-refractivity contribution in [2.75, 3.05) is 12.9 Å². The zero-order chi connectivity index (χ0) is 17.4. The molecule has 0 N–H and O–H groups in total. The molecule has 0 saturated carbocycles. The lowest BCUT2D eigenvalue weighted by Crippen LogP contribution is -2.16. The molecule has 0 aliphatic carbocycles. The average molecular weight is 383 g/mol. The van der Waals surface area contributed by atoms with Crippen LogP contribution in [0.3, 0.4) is 0 Å². The van der Waals surface area contributed by atoms with Gasteiger partial charge in [-0.05, 0) is 37.1 Å². The number of ketones is 1. The third-order valence-corrected chi connectivity index (χ3v) is 6.98. The summed E-state index contributed by atoms with van der Waals surface area (Å²) in [6.07, 6.45) is 3.12. The molecule has 1 unspecified atom stereocenters. The van der Waals surface area contributed by atoms with E-state index in [0.29, 0.717) is 5.56 Å². The second-order valence-electron chi connectivity index (χ2n) is 5.14. The van der Waals surface area contributed by atoms with Crippen LogP contribution < -0.4 is 4.74 Å². The number of Topliss-reactive ketones (excluding diaryl/α,β-unsaturated/α-hetero) is 1. The van der Waals surface area contributed by atoms with E-state index in [1.165, 1.54) is 24.6 Å². The van der Waals surface area contributed by atoms with Crippen molar-refractivity contribution in [2.45, 2.75) is 47.0 Å². The Labute approximate surface area is 155 Å². The lowest BCUT2D eigenvalue weighted by Gasteiger charge is -2.11. The van der Waals surface area contributed by atoms with Gasteiger partial charge < -0.3 is 4.74 Å². The molecular weight excluding hydrogens is 360 g/mol. The predicted molar refractivity (Wildman–Crippen MR) is 103 cm³/mol. The number of rotatable bonds is 10. The highest BCUT2D eigenvalue weighted by Crippen LogP contribution is 2.34. The first-order chi connectivity index (χ1) is 11.7. The van der Waals surface area contributed by atoms with Gasteiger partial charge in [0.15, 0.2) is 14.5 Å². The molecule has 24 heavy (non-hydrogen) atoms. The van der Waals surface area contributed by atoms with E-state index in [0.717, 1.165) is 26.6 Å². The van der Waals surface area contributed by atoms with E-state index in [1.54, 1.807) is 30.2 Å². The molecule has 2 aromatic rings. The van der Waals surface area contributed by atoms with E-state index in [4.69, 9.17) is 4.74 Å². The first-order valence-electron chi connectivity index (χ1n) is 7.99. The summed E-state index contributed by atoms with van der Waals surface area (Å²) in [4.78, 5) is 12.7. The Morgan fingerprint density at radius 1 is 1.21 bits per heavy atom. The van der Waals surface area contributed by atoms with Crippen LogP contribution in [-0.2, 0) is 0 Å². The van der Waals surface area contributed by atoms with Gasteiger partial charge in [-0.25, -0.2) is 0 Å². The highest BCUT2D eigenvalue weighted by Gasteiger charge is 2.21. The normalized spacial score (nSPS) is 12.1. The number of methoxy groups -OCH3 is 1. The largest absolute Gasteiger partial charge is 0.497 e. The van der Waals surface area contributed by atoms with Gasteiger partial charge in [0.1, 0.15) is 5.75 Å². The van der Waals surface area contributed by atoms with Gasteiger partial charge in [0, 0.05) is 11.3 Å². The summed E-state index contributed by atoms with van der Waals surface area (Å²) in [5.41, 5.74) is 0.706. The van der Waals surface area contributed by atoms with Gasteiger partial charge in [0.05, 0.1) is 12.4 Å². The average Bonchev–Trinajstić information content (AvgIpc) is 3.07. The molecule has 0 bridgehead atoms. The van der Waals surface area contributed by atoms with Crippen LogP contribution in [0.15, 0.2) is 32.9 Å². The van der Waals surface area contributed by atoms with Crippen LogP contribution in [0.25, 0.3) is 0 Å². The number of carbonyl (C=O) groups excluding carboxylic acids is 1. The molecule has 0 radical (unpaired) electrons. The Hall–Kier alpha value is -1.05. The maximum Gasteiger partial charge on any atom is 0.176 e. The van der Waals surface area contributed by atoms with E-state index < -0.39 is 0 Å². The predicted octanol–water partition coefficient (Wildman–Crippen LogP) is 5.19. The number of hydrogen-bond donors (Lipinski definition) is 0. The number of ether oxygens (including phenoxy) is 1. The number of benzene rings is 1. The van der Waals surface area contributed by atoms with Crippen LogP contribution in [0.4, 0.5) is 0 Å². The van der Waals surface area contributed by atoms with Crippen molar-refractivity contribution in [2.24, 2.45) is 0 Å². The number of nitrogens with zero attached hydrogens (tertiary/aromatic N) is 2. The lowest BCUT2D eigenvalue weighted by atomic mass is 10.1. The first-order valence-corrected chi connectivity index (χ1v) is 10.7. The zero-order valence-corrected chi connectivity index (χ0v) is 16.6. The smallest absolute Gasteiger partial charge is 0.176 e. The first kappa shape index (κ1) is 19.3. The molecular formula is C17H22N2O2S3. The molecule has 1 aromatic carbocycles. The fourth-order valence-electron chi connectivity index (χ4n) is 1.99. The van der Waals surface area contributed by atoms with Gasteiger partial charge >= 0.3 is 0 Å². The molecule has 7 heteroatoms. The fourth-order valence-corrected chi connectivity index (χ4v) is 5.41. The van der Waals surface area contributed by atoms with Crippen molar-refractivity contribution in [3.63, 3.8) is 0 Å². The highest BCUT2D eigenvalue weighted by atomic mass is 32.2. The monoisotopic (exact) mass is 382 g/mol. The Morgan fingerprint density at radius 2 is 1.92 bits per heavy atom. The minimum absolute atomic E-state index is 0.125. The standard InChI is InChI=1S/C17H22N2O2S3/c1-4-6-11-22-16-18-19-17(24-16)23-14(5-2)15(20)12-7-9-13(21-3)10-8-12/h7-10,14H,4-6,11H2,1-3H3. The minimum Gasteiger partial charge on any atom is -0.497 e. The van der Waals surface area contributed by atoms with Crippen LogP contribution in [0.1, 0.15) is 43.5 Å². The Balaban J connectivity index is 1.98. The van der Waals surface area contributed by atoms with Crippen molar-refractivity contribution in [1.29, 1.82) is 0 Å². The van der Waals surface area contributed by atoms with E-state index in [9.17, 15) is 4.79 Å². The molecule has 0 saturated heterocycles. The maximum atomic E-state index is 12.7. The molecule has 1 heterocycles. The minimum atomic E-state index is -0.139. The molecule has 2 rings (SSSR count). The lowest BCUT2D eigenvalue weighted by molar-refractivity contribution is 0.0988. The second-order valence-corrected chi connectivity index (χ2v) is 8.91. The molecule has 0 amide bonds. The Morgan fingerprint density at radius 3 is 2.54 bits per heavy atom. The second kappa shape index (κ2) is 10.1. The van der Waals surface area contributed by atoms with Gasteiger partial charge in [0.2, 0.25) is 0 Å². The molecule has 0 aliphatic heterocycles. The van der Waals surface area contributed by atoms with Crippen molar-refractivity contribution in [1.82, 2.24) is 10.2 Å². The van der Waals surface area contributed by atoms with E-state index in [1.807, 2.05) is 31.2 Å². The third-order valence-electron chi connectivity index (χ3n) is 3.39. The molecule has 0 aliphatic rings. The molecule has 130 valence electrons. The fraction of sp³-hybridized carbons (Fsp3) is 0.471. The summed E-state index contributed by atoms with van der Waals surface area (Å²) in [5.74, 6) is 1.95. The quantitative estimate of drug-likeness (QED) is 0.320. The summed E-state index contributed by atoms with van der Waals surface area (Å²) in [5, 5.41) is 8.30. The maximum absolute atomic E-state index is 12.7. The van der Waals surface area contributed by atoms with Crippen molar-refractivity contribution < 1.29 is 9.53 Å². The van der Waals surface area contributed by atoms with E-state index >= 15 is 0 Å². The Bertz CT molecular complexity index is 644. The number of thioether (sulfide) groups is 2. The van der Waals surface area contributed by atoms with E-state index in [2.05, 4.69) is 17.1 Å². The van der Waals surface area contributed by atoms with Crippen molar-refractivity contribution >= 4 is 40.6 Å². The van der Waals surface area contributed by atoms with Crippen molar-refractivity contribution in [3.8, 4) is 5.75 Å². The molecule has 1 atom stereocenters. The van der Waals surface area contributed by atoms with E-state index in [-0.39, 0.29) is 11.0 Å². The van der Waals surface area contributed by atoms with Gasteiger partial charge in [-0.2, -0.15) is 0 Å². The van der Waals surface area contributed by atoms with Crippen LogP contribution in [0, 0.1) is 0 Å². The SMILES string of the molecule is CCCCSc1nnc(SC(CC)C(=O)c2ccc(OC)cc2)s1. The topological polar surface area (TPSA) is 52.1 Å². The highest BCUT2D eigenvalue weighted by molar-refractivity contribution is 8.04. The third kappa shape index (κ3) is 5.50. The molecule has 4 nitrogen and oxygen atoms in total. The number of hydrogen-bond acceptors (Lipinski definition) is 7. The summed E-state index contributed by atoms with van der Waals surface area (Å²) in [7, 11) is 1.62. The summed E-state index contributed by atoms with van der Waals surface area (Å²) in [6, 6.07) is 7.27. The summed E-state index contributed by atoms with van der Waals surface area (Å²) in [6.45, 7) is 4.20. The van der Waals surface area contributed by atoms with Crippen LogP contribution in [0.2, 0.25) is 0 Å². The molecule has 0 spiro atoms. The zero-order valence-electron chi connectivity index (χ0n) is 14.2. The molecule has 1 aromatic heterocycles. The Kier molecular flexibility index (Phi) is 8.08.